The molecule has 0 aromatic heterocycles. The molecule has 1 fully saturated rings. The van der Waals surface area contributed by atoms with Gasteiger partial charge in [0.15, 0.2) is 28.6 Å². The fourth-order valence-electron chi connectivity index (χ4n) is 4.87. The Labute approximate surface area is 173 Å². The van der Waals surface area contributed by atoms with Crippen molar-refractivity contribution in [1.29, 1.82) is 0 Å². The first-order chi connectivity index (χ1) is 14.5. The number of fused-ring (bicyclic) bond motifs is 3. The molecule has 0 saturated carbocycles. The summed E-state index contributed by atoms with van der Waals surface area (Å²) < 4.78 is 33.1. The van der Waals surface area contributed by atoms with Gasteiger partial charge in [0.2, 0.25) is 12.5 Å². The van der Waals surface area contributed by atoms with E-state index in [-0.39, 0.29) is 19.8 Å². The van der Waals surface area contributed by atoms with Crippen molar-refractivity contribution >= 4 is 5.97 Å². The van der Waals surface area contributed by atoms with Gasteiger partial charge in [0, 0.05) is 23.8 Å². The fourth-order valence-corrected chi connectivity index (χ4v) is 4.87. The van der Waals surface area contributed by atoms with Crippen LogP contribution in [-0.2, 0) is 16.0 Å². The summed E-state index contributed by atoms with van der Waals surface area (Å²) in [5.74, 6) is 1.20. The molecule has 0 radical (unpaired) electrons. The summed E-state index contributed by atoms with van der Waals surface area (Å²) in [6.07, 6.45) is 0.101. The van der Waals surface area contributed by atoms with E-state index >= 15 is 0 Å². The maximum absolute atomic E-state index is 12.5. The number of esters is 1. The second-order valence-corrected chi connectivity index (χ2v) is 7.61. The van der Waals surface area contributed by atoms with Crippen LogP contribution in [0.25, 0.3) is 0 Å². The molecule has 3 atom stereocenters. The van der Waals surface area contributed by atoms with Crippen molar-refractivity contribution in [2.24, 2.45) is 5.92 Å². The number of aliphatic hydroxyl groups is 1. The molecule has 0 bridgehead atoms. The summed E-state index contributed by atoms with van der Waals surface area (Å²) in [7, 11) is 4.64. The number of ether oxygens (including phenoxy) is 6. The van der Waals surface area contributed by atoms with Gasteiger partial charge in [0.1, 0.15) is 0 Å². The number of methoxy groups -OCH3 is 3. The van der Waals surface area contributed by atoms with Crippen LogP contribution in [0.5, 0.6) is 28.7 Å². The van der Waals surface area contributed by atoms with Gasteiger partial charge in [0.05, 0.1) is 27.9 Å². The third-order valence-corrected chi connectivity index (χ3v) is 6.24. The zero-order valence-corrected chi connectivity index (χ0v) is 16.9. The summed E-state index contributed by atoms with van der Waals surface area (Å²) in [6, 6.07) is 7.40. The standard InChI is InChI=1S/C22H22O8/c1-25-16-7-12-8-22(24)13(9-28-21(22)23)17(18(12)20(27-3)19(16)26-2)11-4-5-14-15(6-11)30-10-29-14/h4-7,13,17,24H,8-10H2,1-3H3/t13-,17-,22+/m1/s1. The minimum absolute atomic E-state index is 0.101. The maximum Gasteiger partial charge on any atom is 0.338 e. The van der Waals surface area contributed by atoms with Gasteiger partial charge < -0.3 is 33.5 Å². The molecule has 0 unspecified atom stereocenters. The van der Waals surface area contributed by atoms with E-state index in [0.29, 0.717) is 28.7 Å². The molecule has 2 heterocycles. The molecule has 1 aliphatic carbocycles. The second-order valence-electron chi connectivity index (χ2n) is 7.61. The van der Waals surface area contributed by atoms with Gasteiger partial charge in [-0.3, -0.25) is 0 Å². The average Bonchev–Trinajstić information content (AvgIpc) is 3.34. The van der Waals surface area contributed by atoms with Gasteiger partial charge in [-0.1, -0.05) is 6.07 Å². The Morgan fingerprint density at radius 3 is 2.50 bits per heavy atom. The van der Waals surface area contributed by atoms with Crippen LogP contribution in [0.4, 0.5) is 0 Å². The van der Waals surface area contributed by atoms with Crippen LogP contribution >= 0.6 is 0 Å². The van der Waals surface area contributed by atoms with Crippen molar-refractivity contribution in [3.8, 4) is 28.7 Å². The minimum Gasteiger partial charge on any atom is -0.493 e. The van der Waals surface area contributed by atoms with E-state index in [4.69, 9.17) is 28.4 Å². The predicted octanol–water partition coefficient (Wildman–Crippen LogP) is 2.03. The summed E-state index contributed by atoms with van der Waals surface area (Å²) in [6.45, 7) is 0.259. The Morgan fingerprint density at radius 2 is 1.77 bits per heavy atom. The zero-order valence-electron chi connectivity index (χ0n) is 16.9. The lowest BCUT2D eigenvalue weighted by Crippen LogP contribution is -2.49. The van der Waals surface area contributed by atoms with E-state index in [1.54, 1.807) is 20.3 Å². The van der Waals surface area contributed by atoms with E-state index in [9.17, 15) is 9.90 Å². The third kappa shape index (κ3) is 2.46. The first-order valence-corrected chi connectivity index (χ1v) is 9.62. The zero-order chi connectivity index (χ0) is 21.0. The molecule has 3 aliphatic rings. The second kappa shape index (κ2) is 6.70. The quantitative estimate of drug-likeness (QED) is 0.760. The van der Waals surface area contributed by atoms with E-state index in [0.717, 1.165) is 16.7 Å². The monoisotopic (exact) mass is 414 g/mol. The van der Waals surface area contributed by atoms with E-state index in [2.05, 4.69) is 0 Å². The highest BCUT2D eigenvalue weighted by Crippen LogP contribution is 2.56. The molecule has 2 aromatic rings. The Kier molecular flexibility index (Phi) is 4.21. The lowest BCUT2D eigenvalue weighted by atomic mass is 9.65. The molecular formula is C22H22O8. The lowest BCUT2D eigenvalue weighted by molar-refractivity contribution is -0.154. The van der Waals surface area contributed by atoms with Crippen LogP contribution in [0.2, 0.25) is 0 Å². The molecule has 5 rings (SSSR count). The van der Waals surface area contributed by atoms with Crippen molar-refractivity contribution in [2.45, 2.75) is 17.9 Å². The molecule has 8 nitrogen and oxygen atoms in total. The minimum atomic E-state index is -1.64. The van der Waals surface area contributed by atoms with Crippen molar-refractivity contribution in [3.63, 3.8) is 0 Å². The summed E-state index contributed by atoms with van der Waals surface area (Å²) in [4.78, 5) is 12.5. The van der Waals surface area contributed by atoms with Crippen LogP contribution in [0.15, 0.2) is 24.3 Å². The molecule has 30 heavy (non-hydrogen) atoms. The lowest BCUT2D eigenvalue weighted by Gasteiger charge is -2.39. The molecular weight excluding hydrogens is 392 g/mol. The Bertz CT molecular complexity index is 1030. The Balaban J connectivity index is 1.78. The highest BCUT2D eigenvalue weighted by molar-refractivity contribution is 5.84. The number of carbonyl (C=O) groups is 1. The molecule has 1 N–H and O–H groups in total. The first kappa shape index (κ1) is 18.9. The van der Waals surface area contributed by atoms with E-state index in [1.165, 1.54) is 7.11 Å². The number of hydrogen-bond donors (Lipinski definition) is 1. The highest BCUT2D eigenvalue weighted by Gasteiger charge is 2.58. The molecule has 1 saturated heterocycles. The normalized spacial score (nSPS) is 25.9. The number of hydrogen-bond acceptors (Lipinski definition) is 8. The average molecular weight is 414 g/mol. The molecule has 8 heteroatoms. The number of carbonyl (C=O) groups excluding carboxylic acids is 1. The van der Waals surface area contributed by atoms with Crippen LogP contribution in [0, 0.1) is 5.92 Å². The van der Waals surface area contributed by atoms with Crippen molar-refractivity contribution in [2.75, 3.05) is 34.7 Å². The molecule has 0 amide bonds. The molecule has 2 aliphatic heterocycles. The maximum atomic E-state index is 12.5. The highest BCUT2D eigenvalue weighted by atomic mass is 16.7. The smallest absolute Gasteiger partial charge is 0.338 e. The van der Waals surface area contributed by atoms with Gasteiger partial charge in [-0.15, -0.1) is 0 Å². The summed E-state index contributed by atoms with van der Waals surface area (Å²) >= 11 is 0. The van der Waals surface area contributed by atoms with Gasteiger partial charge in [0.25, 0.3) is 0 Å². The fraction of sp³-hybridized carbons (Fsp3) is 0.409. The van der Waals surface area contributed by atoms with Gasteiger partial charge in [-0.25, -0.2) is 4.79 Å². The van der Waals surface area contributed by atoms with Crippen LogP contribution < -0.4 is 23.7 Å². The summed E-state index contributed by atoms with van der Waals surface area (Å²) in [5, 5.41) is 11.4. The van der Waals surface area contributed by atoms with E-state index < -0.39 is 23.4 Å². The van der Waals surface area contributed by atoms with Gasteiger partial charge in [-0.2, -0.15) is 0 Å². The van der Waals surface area contributed by atoms with E-state index in [1.807, 2.05) is 18.2 Å². The Hall–Kier alpha value is -3.13. The number of cyclic esters (lactones) is 1. The number of benzene rings is 2. The van der Waals surface area contributed by atoms with Crippen LogP contribution in [-0.4, -0.2) is 51.4 Å². The van der Waals surface area contributed by atoms with Gasteiger partial charge in [-0.05, 0) is 29.3 Å². The van der Waals surface area contributed by atoms with Crippen molar-refractivity contribution < 1.29 is 38.3 Å². The predicted molar refractivity (Wildman–Crippen MR) is 104 cm³/mol. The summed E-state index contributed by atoms with van der Waals surface area (Å²) in [5.41, 5.74) is 0.790. The van der Waals surface area contributed by atoms with Gasteiger partial charge >= 0.3 is 5.97 Å². The Morgan fingerprint density at radius 1 is 1.00 bits per heavy atom. The first-order valence-electron chi connectivity index (χ1n) is 9.62. The third-order valence-electron chi connectivity index (χ3n) is 6.24. The SMILES string of the molecule is COc1cc2c(c(OC)c1OC)[C@H](c1ccc3c(c1)OCO3)[C@H]1COC(=O)[C@]1(O)C2. The van der Waals surface area contributed by atoms with Crippen LogP contribution in [0.3, 0.4) is 0 Å². The topological polar surface area (TPSA) is 92.7 Å². The number of rotatable bonds is 4. The largest absolute Gasteiger partial charge is 0.493 e. The molecule has 0 spiro atoms. The molecule has 2 aromatic carbocycles. The molecule has 158 valence electrons. The van der Waals surface area contributed by atoms with Crippen molar-refractivity contribution in [3.05, 3.63) is 41.0 Å². The van der Waals surface area contributed by atoms with Crippen LogP contribution in [0.1, 0.15) is 22.6 Å². The van der Waals surface area contributed by atoms with Crippen molar-refractivity contribution in [1.82, 2.24) is 0 Å².